The Bertz CT molecular complexity index is 805. The lowest BCUT2D eigenvalue weighted by Crippen LogP contribution is -2.19. The average Bonchev–Trinajstić information content (AvgIpc) is 2.57. The predicted octanol–water partition coefficient (Wildman–Crippen LogP) is 7.39. The van der Waals surface area contributed by atoms with Crippen molar-refractivity contribution in [3.05, 3.63) is 56.5 Å². The largest absolute Gasteiger partial charge is 0.488 e. The highest BCUT2D eigenvalue weighted by atomic mass is 79.9. The van der Waals surface area contributed by atoms with Crippen molar-refractivity contribution in [3.63, 3.8) is 0 Å². The molecule has 0 saturated heterocycles. The van der Waals surface area contributed by atoms with E-state index in [9.17, 15) is 13.2 Å². The zero-order valence-electron chi connectivity index (χ0n) is 13.9. The maximum absolute atomic E-state index is 12.2. The number of aryl methyl sites for hydroxylation is 1. The Balaban J connectivity index is 2.04. The van der Waals surface area contributed by atoms with Crippen LogP contribution in [0.2, 0.25) is 5.02 Å². The van der Waals surface area contributed by atoms with Gasteiger partial charge in [-0.25, -0.2) is 0 Å². The Kier molecular flexibility index (Phi) is 7.88. The van der Waals surface area contributed by atoms with E-state index in [1.807, 2.05) is 6.92 Å². The average molecular weight is 531 g/mol. The molecule has 2 rings (SSSR count). The summed E-state index contributed by atoms with van der Waals surface area (Å²) in [5, 5.41) is 0.375. The quantitative estimate of drug-likeness (QED) is 0.374. The van der Waals surface area contributed by atoms with Gasteiger partial charge < -0.3 is 14.2 Å². The highest BCUT2D eigenvalue weighted by Crippen LogP contribution is 2.35. The molecule has 146 valence electrons. The second kappa shape index (κ2) is 9.71. The molecule has 0 aliphatic heterocycles. The Morgan fingerprint density at radius 2 is 1.67 bits per heavy atom. The summed E-state index contributed by atoms with van der Waals surface area (Å²) in [6, 6.07) is 9.20. The minimum atomic E-state index is -4.38. The molecule has 0 unspecified atom stereocenters. The Morgan fingerprint density at radius 1 is 1.04 bits per heavy atom. The van der Waals surface area contributed by atoms with Gasteiger partial charge in [0.15, 0.2) is 6.61 Å². The fourth-order valence-electron chi connectivity index (χ4n) is 1.95. The molecule has 0 atom stereocenters. The van der Waals surface area contributed by atoms with Gasteiger partial charge in [-0.15, -0.1) is 0 Å². The van der Waals surface area contributed by atoms with Crippen LogP contribution in [0.25, 0.3) is 0 Å². The van der Waals surface area contributed by atoms with Gasteiger partial charge in [-0.1, -0.05) is 11.6 Å². The fourth-order valence-corrected chi connectivity index (χ4v) is 2.42. The van der Waals surface area contributed by atoms with E-state index in [0.29, 0.717) is 28.9 Å². The van der Waals surface area contributed by atoms with Crippen LogP contribution in [0.5, 0.6) is 23.0 Å². The van der Waals surface area contributed by atoms with Crippen molar-refractivity contribution in [1.29, 1.82) is 0 Å². The van der Waals surface area contributed by atoms with Gasteiger partial charge in [0.1, 0.15) is 29.6 Å². The number of alkyl halides is 3. The number of hydrogen-bond donors (Lipinski definition) is 0. The molecule has 0 bridgehead atoms. The van der Waals surface area contributed by atoms with Crippen molar-refractivity contribution in [2.45, 2.75) is 13.1 Å². The molecule has 0 saturated carbocycles. The lowest BCUT2D eigenvalue weighted by molar-refractivity contribution is -0.153. The highest BCUT2D eigenvalue weighted by Gasteiger charge is 2.28. The lowest BCUT2D eigenvalue weighted by Gasteiger charge is -2.13. The summed E-state index contributed by atoms with van der Waals surface area (Å²) in [7, 11) is 0. The van der Waals surface area contributed by atoms with Crippen molar-refractivity contribution in [3.8, 4) is 23.0 Å². The van der Waals surface area contributed by atoms with E-state index in [0.717, 1.165) is 8.96 Å². The Labute approximate surface area is 176 Å². The van der Waals surface area contributed by atoms with Gasteiger partial charge in [0, 0.05) is 6.07 Å². The van der Waals surface area contributed by atoms with Gasteiger partial charge in [-0.3, -0.25) is 0 Å². The van der Waals surface area contributed by atoms with Crippen LogP contribution < -0.4 is 14.2 Å². The summed E-state index contributed by atoms with van der Waals surface area (Å²) >= 11 is 12.7. The number of hydrogen-bond acceptors (Lipinski definition) is 3. The van der Waals surface area contributed by atoms with E-state index >= 15 is 0 Å². The van der Waals surface area contributed by atoms with E-state index in [1.54, 1.807) is 18.2 Å². The maximum atomic E-state index is 12.2. The first kappa shape index (κ1) is 21.9. The topological polar surface area (TPSA) is 27.7 Å². The van der Waals surface area contributed by atoms with Gasteiger partial charge >= 0.3 is 6.18 Å². The summed E-state index contributed by atoms with van der Waals surface area (Å²) in [4.78, 5) is 0. The van der Waals surface area contributed by atoms with Crippen LogP contribution in [0.15, 0.2) is 45.9 Å². The third-order valence-corrected chi connectivity index (χ3v) is 4.10. The van der Waals surface area contributed by atoms with Crippen molar-refractivity contribution >= 4 is 43.5 Å². The number of halogens is 6. The second-order valence-corrected chi connectivity index (χ2v) is 8.51. The molecular weight excluding hydrogens is 516 g/mol. The smallest absolute Gasteiger partial charge is 0.422 e. The molecule has 0 fully saturated rings. The summed E-state index contributed by atoms with van der Waals surface area (Å²) in [5.74, 6) is 1.56. The predicted molar refractivity (Wildman–Crippen MR) is 106 cm³/mol. The monoisotopic (exact) mass is 528 g/mol. The third-order valence-electron chi connectivity index (χ3n) is 3.16. The molecule has 0 radical (unpaired) electrons. The van der Waals surface area contributed by atoms with Gasteiger partial charge in [0.2, 0.25) is 0 Å². The van der Waals surface area contributed by atoms with Gasteiger partial charge in [0.25, 0.3) is 0 Å². The molecule has 0 aliphatic rings. The number of rotatable bonds is 7. The van der Waals surface area contributed by atoms with E-state index < -0.39 is 12.8 Å². The van der Waals surface area contributed by atoms with Crippen molar-refractivity contribution in [2.75, 3.05) is 13.2 Å². The van der Waals surface area contributed by atoms with Gasteiger partial charge in [-0.05, 0) is 80.8 Å². The third kappa shape index (κ3) is 7.63. The normalized spacial score (nSPS) is 11.1. The number of ether oxygens (including phenoxy) is 3. The lowest BCUT2D eigenvalue weighted by atomic mass is 10.2. The van der Waals surface area contributed by atoms with Crippen molar-refractivity contribution < 1.29 is 27.4 Å². The van der Waals surface area contributed by atoms with E-state index in [1.165, 1.54) is 24.3 Å². The Morgan fingerprint density at radius 3 is 2.26 bits per heavy atom. The van der Waals surface area contributed by atoms with Crippen LogP contribution in [0, 0.1) is 6.92 Å². The van der Waals surface area contributed by atoms with Crippen molar-refractivity contribution in [2.24, 2.45) is 0 Å². The standard InChI is InChI=1S/C18H14Br2ClF3O3/c1-11-8-16(25-7-6-17(19)20)14(21)9-15(11)27-13-4-2-12(3-5-13)26-10-18(22,23)24/h2-6,8-9H,7,10H2,1H3. The summed E-state index contributed by atoms with van der Waals surface area (Å²) < 4.78 is 53.2. The van der Waals surface area contributed by atoms with Crippen LogP contribution in [-0.4, -0.2) is 19.4 Å². The fraction of sp³-hybridized carbons (Fsp3) is 0.222. The molecule has 2 aromatic rings. The maximum Gasteiger partial charge on any atom is 0.422 e. The molecule has 0 N–H and O–H groups in total. The first-order valence-corrected chi connectivity index (χ1v) is 9.52. The summed E-state index contributed by atoms with van der Waals surface area (Å²) in [6.07, 6.45) is -2.61. The molecular formula is C18H14Br2ClF3O3. The minimum Gasteiger partial charge on any atom is -0.488 e. The van der Waals surface area contributed by atoms with Crippen molar-refractivity contribution in [1.82, 2.24) is 0 Å². The summed E-state index contributed by atoms with van der Waals surface area (Å²) in [6.45, 7) is 0.810. The van der Waals surface area contributed by atoms with Gasteiger partial charge in [0.05, 0.1) is 8.41 Å². The summed E-state index contributed by atoms with van der Waals surface area (Å²) in [5.41, 5.74) is 0.786. The van der Waals surface area contributed by atoms with Crippen LogP contribution >= 0.6 is 43.5 Å². The molecule has 9 heteroatoms. The molecule has 0 spiro atoms. The molecule has 3 nitrogen and oxygen atoms in total. The molecule has 0 amide bonds. The molecule has 2 aromatic carbocycles. The molecule has 27 heavy (non-hydrogen) atoms. The van der Waals surface area contributed by atoms with Crippen LogP contribution in [0.3, 0.4) is 0 Å². The minimum absolute atomic E-state index is 0.101. The zero-order chi connectivity index (χ0) is 20.0. The van der Waals surface area contributed by atoms with Crippen LogP contribution in [-0.2, 0) is 0 Å². The van der Waals surface area contributed by atoms with E-state index in [2.05, 4.69) is 36.6 Å². The highest BCUT2D eigenvalue weighted by molar-refractivity contribution is 9.28. The first-order chi connectivity index (χ1) is 12.6. The van der Waals surface area contributed by atoms with Crippen LogP contribution in [0.1, 0.15) is 5.56 Å². The van der Waals surface area contributed by atoms with E-state index in [4.69, 9.17) is 21.1 Å². The molecule has 0 heterocycles. The second-order valence-electron chi connectivity index (χ2n) is 5.33. The Hall–Kier alpha value is -1.38. The van der Waals surface area contributed by atoms with Crippen LogP contribution in [0.4, 0.5) is 13.2 Å². The molecule has 0 aliphatic carbocycles. The van der Waals surface area contributed by atoms with E-state index in [-0.39, 0.29) is 5.75 Å². The SMILES string of the molecule is Cc1cc(OCC=C(Br)Br)c(Cl)cc1Oc1ccc(OCC(F)(F)F)cc1. The first-order valence-electron chi connectivity index (χ1n) is 7.55. The zero-order valence-corrected chi connectivity index (χ0v) is 17.9. The number of benzene rings is 2. The molecule has 0 aromatic heterocycles. The van der Waals surface area contributed by atoms with Gasteiger partial charge in [-0.2, -0.15) is 13.2 Å².